The first-order valence-electron chi connectivity index (χ1n) is 8.86. The Morgan fingerprint density at radius 1 is 1.14 bits per heavy atom. The number of carbonyl (C=O) groups is 1. The first-order valence-corrected chi connectivity index (χ1v) is 9.67. The van der Waals surface area contributed by atoms with Gasteiger partial charge in [-0.2, -0.15) is 0 Å². The van der Waals surface area contributed by atoms with Gasteiger partial charge in [-0.15, -0.1) is 0 Å². The molecule has 2 heterocycles. The number of thiazole rings is 1. The molecule has 4 rings (SSSR count). The summed E-state index contributed by atoms with van der Waals surface area (Å²) in [7, 11) is 0. The van der Waals surface area contributed by atoms with Crippen molar-refractivity contribution in [2.24, 2.45) is 0 Å². The summed E-state index contributed by atoms with van der Waals surface area (Å²) in [6.45, 7) is 4.22. The Morgan fingerprint density at radius 3 is 2.71 bits per heavy atom. The third kappa shape index (κ3) is 3.51. The van der Waals surface area contributed by atoms with Gasteiger partial charge in [0, 0.05) is 18.0 Å². The van der Waals surface area contributed by atoms with E-state index >= 15 is 0 Å². The number of anilines is 1. The summed E-state index contributed by atoms with van der Waals surface area (Å²) in [5.74, 6) is -0.555. The molecule has 4 nitrogen and oxygen atoms in total. The number of nitrogens with zero attached hydrogens (tertiary/aromatic N) is 3. The average molecular weight is 391 g/mol. The van der Waals surface area contributed by atoms with Gasteiger partial charge < -0.3 is 0 Å². The van der Waals surface area contributed by atoms with Gasteiger partial charge in [0.05, 0.1) is 11.2 Å². The van der Waals surface area contributed by atoms with Gasteiger partial charge in [0.1, 0.15) is 11.3 Å². The zero-order chi connectivity index (χ0) is 19.7. The fourth-order valence-electron chi connectivity index (χ4n) is 3.12. The number of pyridine rings is 1. The predicted molar refractivity (Wildman–Crippen MR) is 110 cm³/mol. The molecule has 28 heavy (non-hydrogen) atoms. The molecule has 2 aromatic carbocycles. The lowest BCUT2D eigenvalue weighted by Gasteiger charge is -2.21. The van der Waals surface area contributed by atoms with Gasteiger partial charge in [-0.25, -0.2) is 9.37 Å². The summed E-state index contributed by atoms with van der Waals surface area (Å²) in [4.78, 5) is 23.6. The summed E-state index contributed by atoms with van der Waals surface area (Å²) in [5.41, 5.74) is 3.75. The minimum absolute atomic E-state index is 0.166. The third-order valence-corrected chi connectivity index (χ3v) is 5.55. The summed E-state index contributed by atoms with van der Waals surface area (Å²) in [6.07, 6.45) is 3.41. The van der Waals surface area contributed by atoms with Gasteiger partial charge in [0.25, 0.3) is 5.91 Å². The molecule has 0 atom stereocenters. The molecule has 2 aromatic heterocycles. The van der Waals surface area contributed by atoms with Crippen LogP contribution in [0.3, 0.4) is 0 Å². The van der Waals surface area contributed by atoms with E-state index in [-0.39, 0.29) is 17.2 Å². The quantitative estimate of drug-likeness (QED) is 0.475. The Hall–Kier alpha value is -3.12. The van der Waals surface area contributed by atoms with Crippen molar-refractivity contribution in [1.29, 1.82) is 0 Å². The van der Waals surface area contributed by atoms with Crippen LogP contribution in [0.25, 0.3) is 10.2 Å². The first-order chi connectivity index (χ1) is 13.5. The highest BCUT2D eigenvalue weighted by molar-refractivity contribution is 7.22. The van der Waals surface area contributed by atoms with Crippen LogP contribution in [0, 0.1) is 19.7 Å². The maximum atomic E-state index is 14.2. The Labute approximate surface area is 166 Å². The van der Waals surface area contributed by atoms with Crippen LogP contribution in [0.5, 0.6) is 0 Å². The largest absolute Gasteiger partial charge is 0.279 e. The van der Waals surface area contributed by atoms with Crippen molar-refractivity contribution in [2.45, 2.75) is 20.4 Å². The zero-order valence-electron chi connectivity index (χ0n) is 15.5. The second kappa shape index (κ2) is 7.48. The van der Waals surface area contributed by atoms with Crippen LogP contribution < -0.4 is 4.90 Å². The van der Waals surface area contributed by atoms with Crippen molar-refractivity contribution in [3.8, 4) is 0 Å². The summed E-state index contributed by atoms with van der Waals surface area (Å²) in [5, 5.41) is 0.467. The van der Waals surface area contributed by atoms with E-state index < -0.39 is 0 Å². The van der Waals surface area contributed by atoms with Crippen molar-refractivity contribution >= 4 is 32.6 Å². The molecule has 0 aliphatic rings. The highest BCUT2D eigenvalue weighted by Gasteiger charge is 2.23. The van der Waals surface area contributed by atoms with E-state index in [2.05, 4.69) is 9.97 Å². The topological polar surface area (TPSA) is 46.1 Å². The van der Waals surface area contributed by atoms with E-state index in [1.165, 1.54) is 17.4 Å². The number of carbonyl (C=O) groups excluding carboxylic acids is 1. The molecule has 6 heteroatoms. The number of halogens is 1. The van der Waals surface area contributed by atoms with Gasteiger partial charge in [-0.05, 0) is 49.2 Å². The number of fused-ring (bicyclic) bond motifs is 1. The van der Waals surface area contributed by atoms with Gasteiger partial charge >= 0.3 is 0 Å². The maximum absolute atomic E-state index is 14.2. The molecule has 0 aliphatic carbocycles. The average Bonchev–Trinajstić information content (AvgIpc) is 3.12. The van der Waals surface area contributed by atoms with E-state index in [0.717, 1.165) is 16.7 Å². The lowest BCUT2D eigenvalue weighted by molar-refractivity contribution is 0.0984. The standard InChI is InChI=1S/C22H18FN3OS/c1-14-8-9-17(15(2)11-14)21(27)26(13-16-5-4-10-24-12-16)22-25-20-18(23)6-3-7-19(20)28-22/h3-12H,13H2,1-2H3. The molecule has 0 saturated carbocycles. The Morgan fingerprint density at radius 2 is 2.00 bits per heavy atom. The normalized spacial score (nSPS) is 11.0. The predicted octanol–water partition coefficient (Wildman–Crippen LogP) is 5.29. The van der Waals surface area contributed by atoms with Gasteiger partial charge in [-0.3, -0.25) is 14.7 Å². The van der Waals surface area contributed by atoms with Crippen LogP contribution in [0.15, 0.2) is 60.9 Å². The molecule has 140 valence electrons. The van der Waals surface area contributed by atoms with Crippen LogP contribution in [-0.2, 0) is 6.54 Å². The SMILES string of the molecule is Cc1ccc(C(=O)N(Cc2cccnc2)c2nc3c(F)cccc3s2)c(C)c1. The molecule has 4 aromatic rings. The lowest BCUT2D eigenvalue weighted by atomic mass is 10.0. The molecular formula is C22H18FN3OS. The first kappa shape index (κ1) is 18.3. The molecule has 0 bridgehead atoms. The van der Waals surface area contributed by atoms with Gasteiger partial charge in [0.2, 0.25) is 0 Å². The van der Waals surface area contributed by atoms with E-state index in [9.17, 15) is 9.18 Å². The summed E-state index contributed by atoms with van der Waals surface area (Å²) < 4.78 is 14.9. The molecule has 0 aliphatic heterocycles. The van der Waals surface area contributed by atoms with Crippen molar-refractivity contribution in [3.05, 3.63) is 89.0 Å². The Balaban J connectivity index is 1.80. The summed E-state index contributed by atoms with van der Waals surface area (Å²) in [6, 6.07) is 14.3. The monoisotopic (exact) mass is 391 g/mol. The number of amides is 1. The van der Waals surface area contributed by atoms with Crippen molar-refractivity contribution < 1.29 is 9.18 Å². The minimum Gasteiger partial charge on any atom is -0.279 e. The number of benzene rings is 2. The van der Waals surface area contributed by atoms with E-state index in [0.29, 0.717) is 21.9 Å². The number of para-hydroxylation sites is 1. The van der Waals surface area contributed by atoms with E-state index in [1.807, 2.05) is 50.2 Å². The Bertz CT molecular complexity index is 1160. The minimum atomic E-state index is -0.389. The highest BCUT2D eigenvalue weighted by Crippen LogP contribution is 2.32. The molecule has 0 N–H and O–H groups in total. The van der Waals surface area contributed by atoms with Crippen molar-refractivity contribution in [2.75, 3.05) is 4.90 Å². The van der Waals surface area contributed by atoms with Crippen LogP contribution in [0.1, 0.15) is 27.0 Å². The number of hydrogen-bond donors (Lipinski definition) is 0. The number of aromatic nitrogens is 2. The molecule has 0 radical (unpaired) electrons. The second-order valence-corrected chi connectivity index (χ2v) is 7.66. The summed E-state index contributed by atoms with van der Waals surface area (Å²) >= 11 is 1.30. The number of aryl methyl sites for hydroxylation is 2. The highest BCUT2D eigenvalue weighted by atomic mass is 32.1. The molecule has 0 fully saturated rings. The van der Waals surface area contributed by atoms with Crippen molar-refractivity contribution in [1.82, 2.24) is 9.97 Å². The smallest absolute Gasteiger partial charge is 0.260 e. The van der Waals surface area contributed by atoms with Gasteiger partial charge in [0.15, 0.2) is 5.13 Å². The van der Waals surface area contributed by atoms with Crippen LogP contribution in [0.4, 0.5) is 9.52 Å². The fraction of sp³-hybridized carbons (Fsp3) is 0.136. The molecule has 0 spiro atoms. The van der Waals surface area contributed by atoms with Gasteiger partial charge in [-0.1, -0.05) is 41.2 Å². The molecule has 1 amide bonds. The molecular weight excluding hydrogens is 373 g/mol. The fourth-order valence-corrected chi connectivity index (χ4v) is 4.10. The van der Waals surface area contributed by atoms with Crippen LogP contribution in [-0.4, -0.2) is 15.9 Å². The molecule has 0 saturated heterocycles. The maximum Gasteiger partial charge on any atom is 0.260 e. The molecule has 0 unspecified atom stereocenters. The van der Waals surface area contributed by atoms with E-state index in [4.69, 9.17) is 0 Å². The zero-order valence-corrected chi connectivity index (χ0v) is 16.3. The number of rotatable bonds is 4. The van der Waals surface area contributed by atoms with Crippen LogP contribution in [0.2, 0.25) is 0 Å². The van der Waals surface area contributed by atoms with Crippen molar-refractivity contribution in [3.63, 3.8) is 0 Å². The second-order valence-electron chi connectivity index (χ2n) is 6.65. The lowest BCUT2D eigenvalue weighted by Crippen LogP contribution is -2.31. The van der Waals surface area contributed by atoms with Crippen LogP contribution >= 0.6 is 11.3 Å². The number of hydrogen-bond acceptors (Lipinski definition) is 4. The third-order valence-electron chi connectivity index (χ3n) is 4.51. The Kier molecular flexibility index (Phi) is 4.88. The van der Waals surface area contributed by atoms with E-state index in [1.54, 1.807) is 23.4 Å².